The molecule has 9 heteroatoms. The molecule has 0 saturated heterocycles. The molecule has 1 amide bonds. The molecule has 0 atom stereocenters. The topological polar surface area (TPSA) is 103 Å². The van der Waals surface area contributed by atoms with E-state index in [1.165, 1.54) is 0 Å². The molecule has 0 fully saturated rings. The summed E-state index contributed by atoms with van der Waals surface area (Å²) in [5.41, 5.74) is 2.76. The number of aromatic nitrogens is 4. The molecule has 0 spiro atoms. The molecule has 2 N–H and O–H groups in total. The number of nitrogens with one attached hydrogen (secondary N) is 2. The van der Waals surface area contributed by atoms with Gasteiger partial charge in [-0.3, -0.25) is 4.79 Å². The van der Waals surface area contributed by atoms with Crippen molar-refractivity contribution in [3.63, 3.8) is 0 Å². The third-order valence-electron chi connectivity index (χ3n) is 5.15. The van der Waals surface area contributed by atoms with E-state index < -0.39 is 0 Å². The van der Waals surface area contributed by atoms with Gasteiger partial charge in [0.15, 0.2) is 23.0 Å². The number of hydrogen-bond acceptors (Lipinski definition) is 7. The summed E-state index contributed by atoms with van der Waals surface area (Å²) < 4.78 is 12.4. The highest BCUT2D eigenvalue weighted by atomic mass is 16.7. The maximum atomic E-state index is 12.4. The van der Waals surface area contributed by atoms with E-state index in [1.54, 1.807) is 4.52 Å². The van der Waals surface area contributed by atoms with Gasteiger partial charge in [0, 0.05) is 25.9 Å². The monoisotopic (exact) mass is 430 g/mol. The fourth-order valence-corrected chi connectivity index (χ4v) is 3.44. The predicted octanol–water partition coefficient (Wildman–Crippen LogP) is 2.71. The van der Waals surface area contributed by atoms with E-state index in [4.69, 9.17) is 9.47 Å². The van der Waals surface area contributed by atoms with Crippen molar-refractivity contribution in [2.24, 2.45) is 0 Å². The van der Waals surface area contributed by atoms with Crippen LogP contribution in [-0.4, -0.2) is 32.5 Å². The highest BCUT2D eigenvalue weighted by Gasteiger charge is 2.14. The summed E-state index contributed by atoms with van der Waals surface area (Å²) >= 11 is 0. The van der Waals surface area contributed by atoms with Crippen LogP contribution in [0.15, 0.2) is 60.7 Å². The number of anilines is 1. The van der Waals surface area contributed by atoms with Crippen molar-refractivity contribution < 1.29 is 14.3 Å². The third-order valence-corrected chi connectivity index (χ3v) is 5.15. The SMILES string of the molecule is O=C(CCc1nnc2ccc(NCc3ccccc3)nn12)NCc1ccc2c(c1)OCO2. The Balaban J connectivity index is 1.17. The standard InChI is InChI=1S/C23H22N6O3/c30-23(25-14-17-6-7-18-19(12-17)32-15-31-18)11-10-22-27-26-21-9-8-20(28-29(21)22)24-13-16-4-2-1-3-5-16/h1-9,12H,10-11,13-15H2,(H,24,28)(H,25,30). The largest absolute Gasteiger partial charge is 0.454 e. The highest BCUT2D eigenvalue weighted by molar-refractivity contribution is 5.76. The summed E-state index contributed by atoms with van der Waals surface area (Å²) in [4.78, 5) is 12.4. The second-order valence-electron chi connectivity index (χ2n) is 7.41. The molecule has 0 aliphatic carbocycles. The van der Waals surface area contributed by atoms with Gasteiger partial charge in [0.25, 0.3) is 0 Å². The van der Waals surface area contributed by atoms with Crippen LogP contribution in [0.3, 0.4) is 0 Å². The Hall–Kier alpha value is -4.14. The first-order valence-corrected chi connectivity index (χ1v) is 10.4. The Bertz CT molecular complexity index is 1240. The maximum absolute atomic E-state index is 12.4. The van der Waals surface area contributed by atoms with E-state index >= 15 is 0 Å². The number of carbonyl (C=O) groups is 1. The van der Waals surface area contributed by atoms with Gasteiger partial charge >= 0.3 is 0 Å². The Morgan fingerprint density at radius 2 is 1.81 bits per heavy atom. The quantitative estimate of drug-likeness (QED) is 0.443. The minimum Gasteiger partial charge on any atom is -0.454 e. The molecule has 0 saturated carbocycles. The molecule has 2 aromatic heterocycles. The van der Waals surface area contributed by atoms with Crippen molar-refractivity contribution in [1.82, 2.24) is 25.1 Å². The fraction of sp³-hybridized carbons (Fsp3) is 0.217. The molecule has 2 aromatic carbocycles. The lowest BCUT2D eigenvalue weighted by atomic mass is 10.2. The number of rotatable bonds is 8. The van der Waals surface area contributed by atoms with Gasteiger partial charge in [-0.05, 0) is 35.4 Å². The van der Waals surface area contributed by atoms with Gasteiger partial charge in [0.1, 0.15) is 5.82 Å². The van der Waals surface area contributed by atoms with Crippen molar-refractivity contribution in [3.05, 3.63) is 77.6 Å². The zero-order valence-electron chi connectivity index (χ0n) is 17.3. The molecule has 1 aliphatic rings. The molecule has 9 nitrogen and oxygen atoms in total. The first-order chi connectivity index (χ1) is 15.7. The van der Waals surface area contributed by atoms with Crippen molar-refractivity contribution in [2.45, 2.75) is 25.9 Å². The number of fused-ring (bicyclic) bond motifs is 2. The van der Waals surface area contributed by atoms with E-state index in [2.05, 4.69) is 38.1 Å². The number of ether oxygens (including phenoxy) is 2. The zero-order valence-corrected chi connectivity index (χ0v) is 17.3. The predicted molar refractivity (Wildman–Crippen MR) is 117 cm³/mol. The van der Waals surface area contributed by atoms with Crippen molar-refractivity contribution in [2.75, 3.05) is 12.1 Å². The lowest BCUT2D eigenvalue weighted by Crippen LogP contribution is -2.23. The van der Waals surface area contributed by atoms with Crippen LogP contribution < -0.4 is 20.1 Å². The molecular formula is C23H22N6O3. The summed E-state index contributed by atoms with van der Waals surface area (Å²) in [6.07, 6.45) is 0.720. The van der Waals surface area contributed by atoms with Crippen LogP contribution in [0.25, 0.3) is 5.65 Å². The smallest absolute Gasteiger partial charge is 0.231 e. The van der Waals surface area contributed by atoms with Crippen molar-refractivity contribution in [3.8, 4) is 11.5 Å². The van der Waals surface area contributed by atoms with Crippen LogP contribution >= 0.6 is 0 Å². The van der Waals surface area contributed by atoms with Crippen LogP contribution in [0.5, 0.6) is 11.5 Å². The third kappa shape index (κ3) is 4.46. The fourth-order valence-electron chi connectivity index (χ4n) is 3.44. The summed E-state index contributed by atoms with van der Waals surface area (Å²) in [6.45, 7) is 1.32. The van der Waals surface area contributed by atoms with Crippen LogP contribution in [0, 0.1) is 0 Å². The van der Waals surface area contributed by atoms with Crippen LogP contribution in [-0.2, 0) is 24.3 Å². The van der Waals surface area contributed by atoms with Gasteiger partial charge in [-0.15, -0.1) is 15.3 Å². The molecule has 5 rings (SSSR count). The first-order valence-electron chi connectivity index (χ1n) is 10.4. The van der Waals surface area contributed by atoms with Gasteiger partial charge in [-0.25, -0.2) is 0 Å². The van der Waals surface area contributed by atoms with Gasteiger partial charge in [0.05, 0.1) is 0 Å². The van der Waals surface area contributed by atoms with E-state index in [0.717, 1.165) is 22.7 Å². The van der Waals surface area contributed by atoms with Gasteiger partial charge < -0.3 is 20.1 Å². The van der Waals surface area contributed by atoms with Crippen LogP contribution in [0.1, 0.15) is 23.4 Å². The summed E-state index contributed by atoms with van der Waals surface area (Å²) in [5.74, 6) is 2.72. The molecular weight excluding hydrogens is 408 g/mol. The Morgan fingerprint density at radius 1 is 0.938 bits per heavy atom. The number of carbonyl (C=O) groups excluding carboxylic acids is 1. The molecule has 0 bridgehead atoms. The first kappa shape index (κ1) is 19.8. The van der Waals surface area contributed by atoms with Crippen LogP contribution in [0.4, 0.5) is 5.82 Å². The van der Waals surface area contributed by atoms with Gasteiger partial charge in [-0.1, -0.05) is 36.4 Å². The van der Waals surface area contributed by atoms with E-state index in [1.807, 2.05) is 48.5 Å². The van der Waals surface area contributed by atoms with E-state index in [-0.39, 0.29) is 19.1 Å². The highest BCUT2D eigenvalue weighted by Crippen LogP contribution is 2.32. The summed E-state index contributed by atoms with van der Waals surface area (Å²) in [7, 11) is 0. The van der Waals surface area contributed by atoms with Gasteiger partial charge in [-0.2, -0.15) is 4.52 Å². The average molecular weight is 430 g/mol. The zero-order chi connectivity index (χ0) is 21.8. The molecule has 3 heterocycles. The van der Waals surface area contributed by atoms with Crippen molar-refractivity contribution in [1.29, 1.82) is 0 Å². The minimum absolute atomic E-state index is 0.0715. The molecule has 162 valence electrons. The summed E-state index contributed by atoms with van der Waals surface area (Å²) in [5, 5.41) is 19.2. The number of amides is 1. The Kier molecular flexibility index (Phi) is 5.52. The second-order valence-corrected chi connectivity index (χ2v) is 7.41. The average Bonchev–Trinajstić information content (AvgIpc) is 3.47. The lowest BCUT2D eigenvalue weighted by molar-refractivity contribution is -0.121. The second kappa shape index (κ2) is 8.93. The van der Waals surface area contributed by atoms with Gasteiger partial charge in [0.2, 0.25) is 12.7 Å². The molecule has 4 aromatic rings. The normalized spacial score (nSPS) is 12.1. The number of benzene rings is 2. The minimum atomic E-state index is -0.0715. The Morgan fingerprint density at radius 3 is 2.72 bits per heavy atom. The number of aryl methyl sites for hydroxylation is 1. The van der Waals surface area contributed by atoms with Crippen molar-refractivity contribution >= 4 is 17.4 Å². The molecule has 0 unspecified atom stereocenters. The number of nitrogens with zero attached hydrogens (tertiary/aromatic N) is 4. The van der Waals surface area contributed by atoms with E-state index in [0.29, 0.717) is 36.7 Å². The number of hydrogen-bond donors (Lipinski definition) is 2. The van der Waals surface area contributed by atoms with E-state index in [9.17, 15) is 4.79 Å². The molecule has 32 heavy (non-hydrogen) atoms. The van der Waals surface area contributed by atoms with Crippen LogP contribution in [0.2, 0.25) is 0 Å². The summed E-state index contributed by atoms with van der Waals surface area (Å²) in [6, 6.07) is 19.5. The molecule has 1 aliphatic heterocycles. The maximum Gasteiger partial charge on any atom is 0.231 e. The Labute approximate surface area is 184 Å². The lowest BCUT2D eigenvalue weighted by Gasteiger charge is -2.07. The molecule has 0 radical (unpaired) electrons.